The Hall–Kier alpha value is -2.99. The van der Waals surface area contributed by atoms with Crippen LogP contribution in [0, 0.1) is 0 Å². The maximum atomic E-state index is 12.0. The molecule has 2 aromatic carbocycles. The van der Waals surface area contributed by atoms with Gasteiger partial charge in [0.25, 0.3) is 5.56 Å². The van der Waals surface area contributed by atoms with Gasteiger partial charge in [-0.05, 0) is 36.2 Å². The minimum atomic E-state index is -0.161. The van der Waals surface area contributed by atoms with Gasteiger partial charge in [-0.2, -0.15) is 0 Å². The Morgan fingerprint density at radius 2 is 2.00 bits per heavy atom. The maximum Gasteiger partial charge on any atom is 0.258 e. The molecule has 0 aliphatic heterocycles. The second kappa shape index (κ2) is 7.72. The van der Waals surface area contributed by atoms with Crippen molar-refractivity contribution in [2.24, 2.45) is 0 Å². The summed E-state index contributed by atoms with van der Waals surface area (Å²) < 4.78 is 0. The van der Waals surface area contributed by atoms with E-state index in [0.29, 0.717) is 41.7 Å². The average Bonchev–Trinajstić information content (AvgIpc) is 2.62. The summed E-state index contributed by atoms with van der Waals surface area (Å²) in [5.41, 5.74) is 1.90. The Bertz CT molecular complexity index is 950. The number of H-pyrrole nitrogens is 1. The smallest absolute Gasteiger partial charge is 0.258 e. The van der Waals surface area contributed by atoms with Crippen LogP contribution in [0.2, 0.25) is 0 Å². The van der Waals surface area contributed by atoms with Gasteiger partial charge in [0, 0.05) is 18.5 Å². The van der Waals surface area contributed by atoms with Crippen molar-refractivity contribution in [3.63, 3.8) is 0 Å². The van der Waals surface area contributed by atoms with Crippen molar-refractivity contribution >= 4 is 22.5 Å². The van der Waals surface area contributed by atoms with Crippen molar-refractivity contribution in [2.75, 3.05) is 5.32 Å². The van der Waals surface area contributed by atoms with Gasteiger partial charge in [0.2, 0.25) is 5.91 Å². The van der Waals surface area contributed by atoms with Crippen molar-refractivity contribution in [2.45, 2.75) is 25.9 Å². The lowest BCUT2D eigenvalue weighted by Gasteiger charge is -2.07. The molecule has 0 aliphatic carbocycles. The first-order valence-corrected chi connectivity index (χ1v) is 8.13. The zero-order valence-corrected chi connectivity index (χ0v) is 13.7. The highest BCUT2D eigenvalue weighted by molar-refractivity contribution is 5.90. The average molecular weight is 337 g/mol. The fourth-order valence-corrected chi connectivity index (χ4v) is 2.64. The fraction of sp³-hybridized carbons (Fsp3) is 0.211. The summed E-state index contributed by atoms with van der Waals surface area (Å²) in [6, 6.07) is 14.3. The number of aromatic nitrogens is 2. The van der Waals surface area contributed by atoms with Crippen molar-refractivity contribution in [3.05, 3.63) is 70.3 Å². The fourth-order valence-electron chi connectivity index (χ4n) is 2.64. The molecule has 3 rings (SSSR count). The number of nitrogens with one attached hydrogen (secondary N) is 2. The summed E-state index contributed by atoms with van der Waals surface area (Å²) in [4.78, 5) is 31.2. The number of aliphatic hydroxyl groups is 1. The van der Waals surface area contributed by atoms with Gasteiger partial charge >= 0.3 is 0 Å². The number of carbonyl (C=O) groups excluding carboxylic acids is 1. The second-order valence-corrected chi connectivity index (χ2v) is 5.79. The lowest BCUT2D eigenvalue weighted by molar-refractivity contribution is -0.116. The number of rotatable bonds is 6. The molecule has 3 N–H and O–H groups in total. The molecule has 128 valence electrons. The van der Waals surface area contributed by atoms with Gasteiger partial charge in [0.05, 0.1) is 17.5 Å². The molecule has 0 aliphatic rings. The molecular weight excluding hydrogens is 318 g/mol. The van der Waals surface area contributed by atoms with Crippen LogP contribution < -0.4 is 10.9 Å². The molecule has 0 unspecified atom stereocenters. The monoisotopic (exact) mass is 337 g/mol. The van der Waals surface area contributed by atoms with E-state index in [-0.39, 0.29) is 18.1 Å². The molecule has 25 heavy (non-hydrogen) atoms. The van der Waals surface area contributed by atoms with Crippen molar-refractivity contribution in [1.29, 1.82) is 0 Å². The summed E-state index contributed by atoms with van der Waals surface area (Å²) in [5.74, 6) is 0.469. The number of aliphatic hydroxyl groups excluding tert-OH is 1. The van der Waals surface area contributed by atoms with Crippen LogP contribution in [0.5, 0.6) is 0 Å². The summed E-state index contributed by atoms with van der Waals surface area (Å²) in [6.07, 6.45) is 1.41. The number of benzene rings is 2. The van der Waals surface area contributed by atoms with Gasteiger partial charge in [0.1, 0.15) is 5.82 Å². The minimum absolute atomic E-state index is 0.0648. The zero-order valence-electron chi connectivity index (χ0n) is 13.7. The molecule has 0 fully saturated rings. The molecule has 0 saturated carbocycles. The highest BCUT2D eigenvalue weighted by atomic mass is 16.3. The van der Waals surface area contributed by atoms with E-state index in [1.54, 1.807) is 42.5 Å². The lowest BCUT2D eigenvalue weighted by Crippen LogP contribution is -2.14. The number of amides is 1. The summed E-state index contributed by atoms with van der Waals surface area (Å²) in [6.45, 7) is -0.0648. The van der Waals surface area contributed by atoms with Gasteiger partial charge in [-0.25, -0.2) is 4.98 Å². The number of carbonyl (C=O) groups is 1. The summed E-state index contributed by atoms with van der Waals surface area (Å²) in [5, 5.41) is 12.5. The molecular formula is C19H19N3O3. The lowest BCUT2D eigenvalue weighted by atomic mass is 10.2. The number of hydrogen-bond acceptors (Lipinski definition) is 4. The molecule has 6 heteroatoms. The molecule has 0 saturated heterocycles. The molecule has 6 nitrogen and oxygen atoms in total. The van der Waals surface area contributed by atoms with Crippen LogP contribution >= 0.6 is 0 Å². The van der Waals surface area contributed by atoms with Crippen LogP contribution in [-0.4, -0.2) is 21.0 Å². The molecule has 0 spiro atoms. The number of anilines is 1. The van der Waals surface area contributed by atoms with E-state index in [4.69, 9.17) is 5.11 Å². The molecule has 1 aromatic heterocycles. The highest BCUT2D eigenvalue weighted by Crippen LogP contribution is 2.12. The number of para-hydroxylation sites is 1. The maximum absolute atomic E-state index is 12.0. The first kappa shape index (κ1) is 16.9. The van der Waals surface area contributed by atoms with Gasteiger partial charge < -0.3 is 15.4 Å². The highest BCUT2D eigenvalue weighted by Gasteiger charge is 2.06. The van der Waals surface area contributed by atoms with Crippen LogP contribution in [0.3, 0.4) is 0 Å². The Balaban J connectivity index is 1.57. The summed E-state index contributed by atoms with van der Waals surface area (Å²) in [7, 11) is 0. The van der Waals surface area contributed by atoms with Gasteiger partial charge in [-0.15, -0.1) is 0 Å². The predicted molar refractivity (Wildman–Crippen MR) is 96.3 cm³/mol. The van der Waals surface area contributed by atoms with Crippen LogP contribution in [0.15, 0.2) is 53.3 Å². The summed E-state index contributed by atoms with van der Waals surface area (Å²) >= 11 is 0. The normalized spacial score (nSPS) is 10.8. The minimum Gasteiger partial charge on any atom is -0.392 e. The Kier molecular flexibility index (Phi) is 5.20. The van der Waals surface area contributed by atoms with E-state index in [0.717, 1.165) is 5.56 Å². The van der Waals surface area contributed by atoms with Crippen LogP contribution in [0.4, 0.5) is 5.69 Å². The topological polar surface area (TPSA) is 95.1 Å². The third kappa shape index (κ3) is 4.30. The van der Waals surface area contributed by atoms with Crippen LogP contribution in [0.1, 0.15) is 24.2 Å². The molecule has 0 radical (unpaired) electrons. The van der Waals surface area contributed by atoms with Crippen molar-refractivity contribution in [1.82, 2.24) is 9.97 Å². The molecule has 0 bridgehead atoms. The first-order valence-electron chi connectivity index (χ1n) is 8.13. The third-order valence-corrected chi connectivity index (χ3v) is 3.87. The molecule has 1 heterocycles. The molecule has 1 amide bonds. The van der Waals surface area contributed by atoms with E-state index < -0.39 is 0 Å². The number of nitrogens with zero attached hydrogens (tertiary/aromatic N) is 1. The van der Waals surface area contributed by atoms with E-state index in [2.05, 4.69) is 15.3 Å². The number of hydrogen-bond donors (Lipinski definition) is 3. The van der Waals surface area contributed by atoms with Gasteiger partial charge in [-0.3, -0.25) is 9.59 Å². The SMILES string of the molecule is O=C(CCCc1nc2ccccc2c(=O)[nH]1)Nc1cccc(CO)c1. The van der Waals surface area contributed by atoms with Crippen LogP contribution in [-0.2, 0) is 17.8 Å². The Morgan fingerprint density at radius 1 is 1.16 bits per heavy atom. The third-order valence-electron chi connectivity index (χ3n) is 3.87. The quantitative estimate of drug-likeness (QED) is 0.643. The predicted octanol–water partition coefficient (Wildman–Crippen LogP) is 2.38. The number of aromatic amines is 1. The largest absolute Gasteiger partial charge is 0.392 e. The van der Waals surface area contributed by atoms with E-state index >= 15 is 0 Å². The Morgan fingerprint density at radius 3 is 2.84 bits per heavy atom. The first-order chi connectivity index (χ1) is 12.2. The number of aryl methyl sites for hydroxylation is 1. The van der Waals surface area contributed by atoms with E-state index in [1.807, 2.05) is 6.07 Å². The van der Waals surface area contributed by atoms with Gasteiger partial charge in [-0.1, -0.05) is 24.3 Å². The van der Waals surface area contributed by atoms with E-state index in [1.165, 1.54) is 0 Å². The van der Waals surface area contributed by atoms with Gasteiger partial charge in [0.15, 0.2) is 0 Å². The van der Waals surface area contributed by atoms with Crippen molar-refractivity contribution < 1.29 is 9.90 Å². The molecule has 3 aromatic rings. The second-order valence-electron chi connectivity index (χ2n) is 5.79. The van der Waals surface area contributed by atoms with Crippen LogP contribution in [0.25, 0.3) is 10.9 Å². The molecule has 0 atom stereocenters. The van der Waals surface area contributed by atoms with E-state index in [9.17, 15) is 9.59 Å². The van der Waals surface area contributed by atoms with Crippen molar-refractivity contribution in [3.8, 4) is 0 Å². The number of fused-ring (bicyclic) bond motifs is 1. The Labute approximate surface area is 144 Å². The zero-order chi connectivity index (χ0) is 17.6. The standard InChI is InChI=1S/C19H19N3O3/c23-12-13-5-3-6-14(11-13)20-18(24)10-4-9-17-21-16-8-2-1-7-15(16)19(25)22-17/h1-3,5-8,11,23H,4,9-10,12H2,(H,20,24)(H,21,22,25).